The van der Waals surface area contributed by atoms with E-state index in [2.05, 4.69) is 5.32 Å². The van der Waals surface area contributed by atoms with Crippen molar-refractivity contribution in [1.82, 2.24) is 5.32 Å². The van der Waals surface area contributed by atoms with Crippen LogP contribution in [0.25, 0.3) is 0 Å². The number of amides is 1. The lowest BCUT2D eigenvalue weighted by molar-refractivity contribution is 0.0953. The highest BCUT2D eigenvalue weighted by molar-refractivity contribution is 7.92. The molecular formula is C17H20N2O3S. The summed E-state index contributed by atoms with van der Waals surface area (Å²) in [6.45, 7) is 2.59. The van der Waals surface area contributed by atoms with Gasteiger partial charge in [0, 0.05) is 19.2 Å². The summed E-state index contributed by atoms with van der Waals surface area (Å²) in [5, 5.41) is 2.78. The highest BCUT2D eigenvalue weighted by atomic mass is 32.2. The van der Waals surface area contributed by atoms with Gasteiger partial charge in [-0.25, -0.2) is 8.42 Å². The van der Waals surface area contributed by atoms with Crippen LogP contribution in [0.3, 0.4) is 0 Å². The molecule has 0 radical (unpaired) electrons. The van der Waals surface area contributed by atoms with Crippen LogP contribution in [0.5, 0.6) is 0 Å². The molecule has 0 aliphatic carbocycles. The smallest absolute Gasteiger partial charge is 0.264 e. The molecule has 2 rings (SSSR count). The van der Waals surface area contributed by atoms with E-state index in [9.17, 15) is 13.2 Å². The number of sulfonamides is 1. The second-order valence-corrected chi connectivity index (χ2v) is 7.06. The maximum Gasteiger partial charge on any atom is 0.264 e. The lowest BCUT2D eigenvalue weighted by atomic mass is 10.2. The van der Waals surface area contributed by atoms with Crippen molar-refractivity contribution in [3.8, 4) is 0 Å². The fraction of sp³-hybridized carbons (Fsp3) is 0.235. The highest BCUT2D eigenvalue weighted by Gasteiger charge is 2.20. The predicted molar refractivity (Wildman–Crippen MR) is 91.1 cm³/mol. The zero-order valence-electron chi connectivity index (χ0n) is 13.2. The Bertz CT molecular complexity index is 756. The molecule has 6 heteroatoms. The van der Waals surface area contributed by atoms with Crippen LogP contribution in [0.15, 0.2) is 59.5 Å². The summed E-state index contributed by atoms with van der Waals surface area (Å²) in [6.07, 6.45) is 0.863. The molecule has 5 nitrogen and oxygen atoms in total. The van der Waals surface area contributed by atoms with Gasteiger partial charge in [0.2, 0.25) is 0 Å². The van der Waals surface area contributed by atoms with Crippen LogP contribution in [-0.4, -0.2) is 27.9 Å². The fourth-order valence-electron chi connectivity index (χ4n) is 2.05. The number of rotatable bonds is 6. The van der Waals surface area contributed by atoms with Crippen LogP contribution >= 0.6 is 0 Å². The van der Waals surface area contributed by atoms with Crippen molar-refractivity contribution >= 4 is 21.6 Å². The maximum absolute atomic E-state index is 12.5. The van der Waals surface area contributed by atoms with Gasteiger partial charge >= 0.3 is 0 Å². The van der Waals surface area contributed by atoms with Crippen LogP contribution in [0.2, 0.25) is 0 Å². The van der Waals surface area contributed by atoms with E-state index in [1.54, 1.807) is 54.6 Å². The number of benzene rings is 2. The van der Waals surface area contributed by atoms with E-state index in [1.807, 2.05) is 6.92 Å². The van der Waals surface area contributed by atoms with Gasteiger partial charge in [-0.05, 0) is 42.8 Å². The normalized spacial score (nSPS) is 11.0. The number of hydrogen-bond donors (Lipinski definition) is 1. The molecule has 2 aromatic rings. The number of carbonyl (C=O) groups excluding carboxylic acids is 1. The van der Waals surface area contributed by atoms with E-state index in [0.29, 0.717) is 17.8 Å². The van der Waals surface area contributed by atoms with Gasteiger partial charge in [0.05, 0.1) is 10.6 Å². The van der Waals surface area contributed by atoms with Gasteiger partial charge in [0.1, 0.15) is 0 Å². The van der Waals surface area contributed by atoms with E-state index < -0.39 is 10.0 Å². The first-order valence-corrected chi connectivity index (χ1v) is 8.83. The zero-order chi connectivity index (χ0) is 16.9. The molecule has 0 aliphatic heterocycles. The van der Waals surface area contributed by atoms with Crippen molar-refractivity contribution < 1.29 is 13.2 Å². The molecule has 0 unspecified atom stereocenters. The molecule has 23 heavy (non-hydrogen) atoms. The zero-order valence-corrected chi connectivity index (χ0v) is 14.0. The molecule has 0 bridgehead atoms. The number of anilines is 1. The van der Waals surface area contributed by atoms with E-state index in [0.717, 1.165) is 6.42 Å². The van der Waals surface area contributed by atoms with Crippen LogP contribution in [0.1, 0.15) is 23.7 Å². The molecular weight excluding hydrogens is 312 g/mol. The van der Waals surface area contributed by atoms with Gasteiger partial charge in [-0.3, -0.25) is 9.10 Å². The Morgan fingerprint density at radius 3 is 2.22 bits per heavy atom. The van der Waals surface area contributed by atoms with Crippen molar-refractivity contribution in [1.29, 1.82) is 0 Å². The first-order valence-electron chi connectivity index (χ1n) is 7.39. The van der Waals surface area contributed by atoms with Gasteiger partial charge in [0.15, 0.2) is 0 Å². The molecule has 0 saturated carbocycles. The van der Waals surface area contributed by atoms with Gasteiger partial charge in [-0.15, -0.1) is 0 Å². The number of nitrogens with one attached hydrogen (secondary N) is 1. The molecule has 0 saturated heterocycles. The van der Waals surface area contributed by atoms with Gasteiger partial charge in [-0.1, -0.05) is 25.1 Å². The summed E-state index contributed by atoms with van der Waals surface area (Å²) in [5.41, 5.74) is 1.01. The van der Waals surface area contributed by atoms with Crippen molar-refractivity contribution in [2.24, 2.45) is 0 Å². The Balaban J connectivity index is 2.20. The highest BCUT2D eigenvalue weighted by Crippen LogP contribution is 2.22. The summed E-state index contributed by atoms with van der Waals surface area (Å²) in [5.74, 6) is -0.160. The summed E-state index contributed by atoms with van der Waals surface area (Å²) in [6, 6.07) is 14.7. The Labute approximate surface area is 137 Å². The molecule has 0 aliphatic rings. The van der Waals surface area contributed by atoms with Gasteiger partial charge in [0.25, 0.3) is 15.9 Å². The standard InChI is InChI=1S/C17H20N2O3S/c1-3-13-18-17(20)14-9-11-15(12-10-14)19(2)23(21,22)16-7-5-4-6-8-16/h4-12H,3,13H2,1-2H3,(H,18,20). The van der Waals surface area contributed by atoms with Crippen LogP contribution < -0.4 is 9.62 Å². The third-order valence-electron chi connectivity index (χ3n) is 3.43. The molecule has 0 heterocycles. The molecule has 0 atom stereocenters. The van der Waals surface area contributed by atoms with Gasteiger partial charge in [-0.2, -0.15) is 0 Å². The minimum absolute atomic E-state index is 0.160. The predicted octanol–water partition coefficient (Wildman–Crippen LogP) is 2.65. The number of nitrogens with zero attached hydrogens (tertiary/aromatic N) is 1. The summed E-state index contributed by atoms with van der Waals surface area (Å²) in [7, 11) is -2.11. The second-order valence-electron chi connectivity index (χ2n) is 5.09. The van der Waals surface area contributed by atoms with Crippen molar-refractivity contribution in [2.75, 3.05) is 17.9 Å². The van der Waals surface area contributed by atoms with Crippen molar-refractivity contribution in [3.63, 3.8) is 0 Å². The van der Waals surface area contributed by atoms with E-state index in [1.165, 1.54) is 11.4 Å². The van der Waals surface area contributed by atoms with E-state index >= 15 is 0 Å². The molecule has 2 aromatic carbocycles. The number of hydrogen-bond acceptors (Lipinski definition) is 3. The van der Waals surface area contributed by atoms with Crippen molar-refractivity contribution in [3.05, 3.63) is 60.2 Å². The molecule has 0 fully saturated rings. The summed E-state index contributed by atoms with van der Waals surface area (Å²) in [4.78, 5) is 12.1. The van der Waals surface area contributed by atoms with Crippen molar-refractivity contribution in [2.45, 2.75) is 18.2 Å². The third kappa shape index (κ3) is 3.90. The third-order valence-corrected chi connectivity index (χ3v) is 5.23. The largest absolute Gasteiger partial charge is 0.352 e. The SMILES string of the molecule is CCCNC(=O)c1ccc(N(C)S(=O)(=O)c2ccccc2)cc1. The Morgan fingerprint density at radius 2 is 1.65 bits per heavy atom. The summed E-state index contributed by atoms with van der Waals surface area (Å²) < 4.78 is 26.3. The first-order chi connectivity index (χ1) is 11.0. The number of carbonyl (C=O) groups is 1. The lowest BCUT2D eigenvalue weighted by Gasteiger charge is -2.19. The van der Waals surface area contributed by atoms with Gasteiger partial charge < -0.3 is 5.32 Å². The molecule has 1 N–H and O–H groups in total. The lowest BCUT2D eigenvalue weighted by Crippen LogP contribution is -2.27. The minimum Gasteiger partial charge on any atom is -0.352 e. The van der Waals surface area contributed by atoms with Crippen LogP contribution in [-0.2, 0) is 10.0 Å². The maximum atomic E-state index is 12.5. The second kappa shape index (κ2) is 7.28. The quantitative estimate of drug-likeness (QED) is 0.884. The van der Waals surface area contributed by atoms with E-state index in [-0.39, 0.29) is 10.8 Å². The Morgan fingerprint density at radius 1 is 1.04 bits per heavy atom. The molecule has 0 spiro atoms. The average molecular weight is 332 g/mol. The van der Waals surface area contributed by atoms with Crippen LogP contribution in [0, 0.1) is 0 Å². The monoisotopic (exact) mass is 332 g/mol. The molecule has 0 aromatic heterocycles. The first kappa shape index (κ1) is 17.0. The average Bonchev–Trinajstić information content (AvgIpc) is 2.59. The molecule has 1 amide bonds. The minimum atomic E-state index is -3.61. The molecule has 122 valence electrons. The van der Waals surface area contributed by atoms with E-state index in [4.69, 9.17) is 0 Å². The topological polar surface area (TPSA) is 66.5 Å². The fourth-order valence-corrected chi connectivity index (χ4v) is 3.27. The Hall–Kier alpha value is -2.34. The summed E-state index contributed by atoms with van der Waals surface area (Å²) >= 11 is 0. The van der Waals surface area contributed by atoms with Crippen LogP contribution in [0.4, 0.5) is 5.69 Å². The Kier molecular flexibility index (Phi) is 5.39.